The topological polar surface area (TPSA) is 56.8 Å². The molecular formula is C17H24BClFNO4. The Morgan fingerprint density at radius 1 is 1.20 bits per heavy atom. The molecule has 8 heteroatoms. The second kappa shape index (κ2) is 6.45. The van der Waals surface area contributed by atoms with Crippen molar-refractivity contribution in [1.82, 2.24) is 0 Å². The largest absolute Gasteiger partial charge is 0.497 e. The Hall–Kier alpha value is -1.31. The lowest BCUT2D eigenvalue weighted by atomic mass is 9.78. The molecule has 5 nitrogen and oxygen atoms in total. The number of rotatable bonds is 2. The minimum absolute atomic E-state index is 0.0912. The Morgan fingerprint density at radius 3 is 2.20 bits per heavy atom. The van der Waals surface area contributed by atoms with Crippen molar-refractivity contribution in [2.75, 3.05) is 5.32 Å². The fourth-order valence-electron chi connectivity index (χ4n) is 2.26. The van der Waals surface area contributed by atoms with Crippen molar-refractivity contribution in [3.63, 3.8) is 0 Å². The van der Waals surface area contributed by atoms with E-state index in [9.17, 15) is 9.18 Å². The van der Waals surface area contributed by atoms with E-state index in [0.29, 0.717) is 0 Å². The zero-order valence-electron chi connectivity index (χ0n) is 15.6. The first-order chi connectivity index (χ1) is 11.2. The summed E-state index contributed by atoms with van der Waals surface area (Å²) in [4.78, 5) is 11.9. The highest BCUT2D eigenvalue weighted by Gasteiger charge is 2.52. The van der Waals surface area contributed by atoms with Crippen LogP contribution in [0.25, 0.3) is 0 Å². The molecule has 0 unspecified atom stereocenters. The van der Waals surface area contributed by atoms with Gasteiger partial charge in [0.25, 0.3) is 0 Å². The Kier molecular flexibility index (Phi) is 5.16. The number of anilines is 1. The second-order valence-corrected chi connectivity index (χ2v) is 8.51. The predicted octanol–water partition coefficient (Wildman–Crippen LogP) is 4.13. The highest BCUT2D eigenvalue weighted by Crippen LogP contribution is 2.37. The van der Waals surface area contributed by atoms with Gasteiger partial charge < -0.3 is 14.0 Å². The number of ether oxygens (including phenoxy) is 1. The Labute approximate surface area is 153 Å². The molecule has 1 fully saturated rings. The third kappa shape index (κ3) is 4.46. The lowest BCUT2D eigenvalue weighted by molar-refractivity contribution is 0.00578. The van der Waals surface area contributed by atoms with Gasteiger partial charge >= 0.3 is 13.2 Å². The third-order valence-electron chi connectivity index (χ3n) is 4.21. The van der Waals surface area contributed by atoms with Crippen molar-refractivity contribution in [1.29, 1.82) is 0 Å². The zero-order valence-corrected chi connectivity index (χ0v) is 16.4. The van der Waals surface area contributed by atoms with Gasteiger partial charge in [-0.2, -0.15) is 0 Å². The normalized spacial score (nSPS) is 19.0. The molecule has 1 aliphatic rings. The van der Waals surface area contributed by atoms with E-state index in [1.165, 1.54) is 12.1 Å². The number of carbonyl (C=O) groups is 1. The van der Waals surface area contributed by atoms with Crippen molar-refractivity contribution < 1.29 is 23.2 Å². The average Bonchev–Trinajstić information content (AvgIpc) is 2.60. The monoisotopic (exact) mass is 371 g/mol. The van der Waals surface area contributed by atoms with Gasteiger partial charge in [0.05, 0.1) is 16.9 Å². The number of carbonyl (C=O) groups excluding carboxylic acids is 1. The number of halogens is 2. The van der Waals surface area contributed by atoms with Crippen LogP contribution in [0.2, 0.25) is 5.02 Å². The van der Waals surface area contributed by atoms with Crippen LogP contribution in [-0.2, 0) is 14.0 Å². The molecule has 1 aliphatic heterocycles. The molecule has 1 aromatic carbocycles. The lowest BCUT2D eigenvalue weighted by Gasteiger charge is -2.32. The predicted molar refractivity (Wildman–Crippen MR) is 97.0 cm³/mol. The summed E-state index contributed by atoms with van der Waals surface area (Å²) in [6, 6.07) is 2.74. The minimum atomic E-state index is -0.928. The first-order valence-corrected chi connectivity index (χ1v) is 8.44. The molecular weight excluding hydrogens is 347 g/mol. The maximum atomic E-state index is 14.9. The average molecular weight is 372 g/mol. The first-order valence-electron chi connectivity index (χ1n) is 8.06. The number of hydrogen-bond acceptors (Lipinski definition) is 4. The van der Waals surface area contributed by atoms with E-state index >= 15 is 0 Å². The maximum Gasteiger partial charge on any atom is 0.497 e. The molecule has 0 radical (unpaired) electrons. The number of benzene rings is 1. The minimum Gasteiger partial charge on any atom is -0.444 e. The van der Waals surface area contributed by atoms with Gasteiger partial charge in [0.1, 0.15) is 11.4 Å². The zero-order chi connectivity index (χ0) is 19.2. The van der Waals surface area contributed by atoms with Gasteiger partial charge in [0.2, 0.25) is 0 Å². The first kappa shape index (κ1) is 20.0. The third-order valence-corrected chi connectivity index (χ3v) is 4.43. The van der Waals surface area contributed by atoms with Crippen LogP contribution in [0, 0.1) is 5.82 Å². The van der Waals surface area contributed by atoms with Gasteiger partial charge in [0, 0.05) is 10.5 Å². The van der Waals surface area contributed by atoms with Crippen LogP contribution >= 0.6 is 11.6 Å². The highest BCUT2D eigenvalue weighted by atomic mass is 35.5. The van der Waals surface area contributed by atoms with Crippen LogP contribution in [0.1, 0.15) is 48.5 Å². The number of amides is 1. The van der Waals surface area contributed by atoms with Crippen molar-refractivity contribution in [3.8, 4) is 0 Å². The maximum absolute atomic E-state index is 14.9. The van der Waals surface area contributed by atoms with Crippen molar-refractivity contribution in [2.45, 2.75) is 65.3 Å². The van der Waals surface area contributed by atoms with Crippen LogP contribution in [0.5, 0.6) is 0 Å². The van der Waals surface area contributed by atoms with E-state index in [-0.39, 0.29) is 16.2 Å². The summed E-state index contributed by atoms with van der Waals surface area (Å²) in [6.07, 6.45) is -0.770. The summed E-state index contributed by atoms with van der Waals surface area (Å²) in [7, 11) is -0.928. The summed E-state index contributed by atoms with van der Waals surface area (Å²) in [6.45, 7) is 12.6. The van der Waals surface area contributed by atoms with E-state index in [4.69, 9.17) is 25.6 Å². The number of nitrogens with one attached hydrogen (secondary N) is 1. The van der Waals surface area contributed by atoms with Gasteiger partial charge in [-0.25, -0.2) is 9.18 Å². The van der Waals surface area contributed by atoms with Gasteiger partial charge in [-0.15, -0.1) is 0 Å². The Bertz CT molecular complexity index is 672. The summed E-state index contributed by atoms with van der Waals surface area (Å²) < 4.78 is 31.8. The number of hydrogen-bond donors (Lipinski definition) is 1. The molecule has 0 bridgehead atoms. The van der Waals surface area contributed by atoms with Crippen LogP contribution < -0.4 is 10.8 Å². The Morgan fingerprint density at radius 2 is 1.72 bits per heavy atom. The highest BCUT2D eigenvalue weighted by molar-refractivity contribution is 6.62. The second-order valence-electron chi connectivity index (χ2n) is 8.07. The van der Waals surface area contributed by atoms with Gasteiger partial charge in [0.15, 0.2) is 0 Å². The SMILES string of the molecule is CC(C)(C)OC(=O)Nc1cc(Cl)cc(B2OC(C)(C)C(C)(C)O2)c1F. The molecule has 1 saturated heterocycles. The molecule has 0 aromatic heterocycles. The summed E-state index contributed by atoms with van der Waals surface area (Å²) in [5, 5.41) is 2.63. The molecule has 0 aliphatic carbocycles. The summed E-state index contributed by atoms with van der Waals surface area (Å²) in [5.41, 5.74) is -1.91. The summed E-state index contributed by atoms with van der Waals surface area (Å²) in [5.74, 6) is -0.672. The smallest absolute Gasteiger partial charge is 0.444 e. The van der Waals surface area contributed by atoms with Gasteiger partial charge in [-0.05, 0) is 60.6 Å². The van der Waals surface area contributed by atoms with Crippen LogP contribution in [0.3, 0.4) is 0 Å². The molecule has 1 amide bonds. The fourth-order valence-corrected chi connectivity index (χ4v) is 2.48. The standard InChI is InChI=1S/C17H24BClFNO4/c1-15(2,3)23-14(22)21-12-9-10(19)8-11(13(12)20)18-24-16(4,5)17(6,7)25-18/h8-9H,1-7H3,(H,21,22). The molecule has 0 saturated carbocycles. The van der Waals surface area contributed by atoms with Gasteiger partial charge in [-0.1, -0.05) is 11.6 Å². The molecule has 138 valence electrons. The summed E-state index contributed by atoms with van der Waals surface area (Å²) >= 11 is 6.09. The fraction of sp³-hybridized carbons (Fsp3) is 0.588. The lowest BCUT2D eigenvalue weighted by Crippen LogP contribution is -2.41. The molecule has 0 spiro atoms. The molecule has 0 atom stereocenters. The van der Waals surface area contributed by atoms with Crippen LogP contribution in [0.15, 0.2) is 12.1 Å². The van der Waals surface area contributed by atoms with Crippen LogP contribution in [0.4, 0.5) is 14.9 Å². The molecule has 1 heterocycles. The molecule has 1 aromatic rings. The molecule has 1 N–H and O–H groups in total. The molecule has 2 rings (SSSR count). The van der Waals surface area contributed by atoms with Crippen molar-refractivity contribution in [3.05, 3.63) is 23.0 Å². The Balaban J connectivity index is 2.31. The molecule has 25 heavy (non-hydrogen) atoms. The quantitative estimate of drug-likeness (QED) is 0.794. The van der Waals surface area contributed by atoms with E-state index in [1.54, 1.807) is 20.8 Å². The van der Waals surface area contributed by atoms with E-state index in [1.807, 2.05) is 27.7 Å². The van der Waals surface area contributed by atoms with Crippen LogP contribution in [-0.4, -0.2) is 30.0 Å². The van der Waals surface area contributed by atoms with Crippen molar-refractivity contribution >= 4 is 36.0 Å². The van der Waals surface area contributed by atoms with Crippen molar-refractivity contribution in [2.24, 2.45) is 0 Å². The van der Waals surface area contributed by atoms with Gasteiger partial charge in [-0.3, -0.25) is 5.32 Å². The van der Waals surface area contributed by atoms with E-state index < -0.39 is 35.8 Å². The van der Waals surface area contributed by atoms with E-state index in [0.717, 1.165) is 0 Å². The van der Waals surface area contributed by atoms with E-state index in [2.05, 4.69) is 5.32 Å².